The van der Waals surface area contributed by atoms with Crippen molar-refractivity contribution in [1.29, 1.82) is 0 Å². The minimum Gasteiger partial charge on any atom is -0.299 e. The van der Waals surface area contributed by atoms with Crippen LogP contribution in [0.1, 0.15) is 68.2 Å². The summed E-state index contributed by atoms with van der Waals surface area (Å²) in [5, 5.41) is -0.352. The molecule has 0 bridgehead atoms. The van der Waals surface area contributed by atoms with E-state index in [2.05, 4.69) is 24.3 Å². The predicted molar refractivity (Wildman–Crippen MR) is 123 cm³/mol. The lowest BCUT2D eigenvalue weighted by molar-refractivity contribution is -0.123. The van der Waals surface area contributed by atoms with Crippen LogP contribution in [0.25, 0.3) is 0 Å². The van der Waals surface area contributed by atoms with Crippen molar-refractivity contribution in [1.82, 2.24) is 0 Å². The third-order valence-corrected chi connectivity index (χ3v) is 8.41. The number of carbonyl (C=O) groups excluding carboxylic acids is 1. The monoisotopic (exact) mass is 426 g/mol. The Labute approximate surface area is 181 Å². The Morgan fingerprint density at radius 3 is 2.13 bits per heavy atom. The van der Waals surface area contributed by atoms with E-state index in [1.165, 1.54) is 30.4 Å². The van der Waals surface area contributed by atoms with E-state index in [0.717, 1.165) is 36.8 Å². The summed E-state index contributed by atoms with van der Waals surface area (Å²) in [6.07, 6.45) is 8.15. The molecule has 3 rings (SSSR count). The lowest BCUT2D eigenvalue weighted by Crippen LogP contribution is -2.19. The molecule has 1 aliphatic carbocycles. The van der Waals surface area contributed by atoms with Crippen LogP contribution < -0.4 is 0 Å². The van der Waals surface area contributed by atoms with Crippen LogP contribution in [-0.2, 0) is 39.6 Å². The van der Waals surface area contributed by atoms with Crippen molar-refractivity contribution in [3.63, 3.8) is 0 Å². The van der Waals surface area contributed by atoms with Gasteiger partial charge in [-0.15, -0.1) is 0 Å². The molecule has 30 heavy (non-hydrogen) atoms. The summed E-state index contributed by atoms with van der Waals surface area (Å²) in [7, 11) is -3.07. The first kappa shape index (κ1) is 22.7. The van der Waals surface area contributed by atoms with E-state index < -0.39 is 9.84 Å². The molecule has 162 valence electrons. The zero-order valence-corrected chi connectivity index (χ0v) is 19.1. The number of hydrogen-bond donors (Lipinski definition) is 0. The van der Waals surface area contributed by atoms with E-state index in [0.29, 0.717) is 12.2 Å². The topological polar surface area (TPSA) is 51.2 Å². The van der Waals surface area contributed by atoms with E-state index in [-0.39, 0.29) is 16.9 Å². The highest BCUT2D eigenvalue weighted by atomic mass is 32.2. The van der Waals surface area contributed by atoms with Crippen LogP contribution in [0.15, 0.2) is 48.5 Å². The van der Waals surface area contributed by atoms with E-state index in [1.54, 1.807) is 13.8 Å². The highest BCUT2D eigenvalue weighted by Gasteiger charge is 2.21. The maximum absolute atomic E-state index is 12.6. The maximum atomic E-state index is 12.6. The number of sulfone groups is 1. The number of Topliss-reactive ketones (excluding diaryl/α,β-unsaturated/α-hetero) is 1. The van der Waals surface area contributed by atoms with E-state index in [4.69, 9.17) is 0 Å². The van der Waals surface area contributed by atoms with Crippen molar-refractivity contribution in [3.8, 4) is 0 Å². The number of ketones is 1. The average Bonchev–Trinajstić information content (AvgIpc) is 2.74. The van der Waals surface area contributed by atoms with Crippen molar-refractivity contribution in [2.75, 3.05) is 0 Å². The van der Waals surface area contributed by atoms with Crippen molar-refractivity contribution in [3.05, 3.63) is 70.8 Å². The third-order valence-electron chi connectivity index (χ3n) is 6.24. The van der Waals surface area contributed by atoms with Gasteiger partial charge in [0.25, 0.3) is 0 Å². The molecule has 4 heteroatoms. The SMILES string of the molecule is CC(C)S(=O)(=O)Cc1ccc(CCc2cccc(CC(=O)C3CCCCC3)c2)cc1. The molecular weight excluding hydrogens is 392 g/mol. The Morgan fingerprint density at radius 2 is 1.47 bits per heavy atom. The van der Waals surface area contributed by atoms with Gasteiger partial charge in [-0.05, 0) is 61.8 Å². The summed E-state index contributed by atoms with van der Waals surface area (Å²) < 4.78 is 24.2. The number of rotatable bonds is 9. The lowest BCUT2D eigenvalue weighted by atomic mass is 9.84. The summed E-state index contributed by atoms with van der Waals surface area (Å²) >= 11 is 0. The van der Waals surface area contributed by atoms with Gasteiger partial charge in [-0.2, -0.15) is 0 Å². The molecule has 0 radical (unpaired) electrons. The molecule has 1 saturated carbocycles. The summed E-state index contributed by atoms with van der Waals surface area (Å²) in [4.78, 5) is 12.6. The second-order valence-corrected chi connectivity index (χ2v) is 11.5. The van der Waals surface area contributed by atoms with E-state index in [9.17, 15) is 13.2 Å². The average molecular weight is 427 g/mol. The fourth-order valence-corrected chi connectivity index (χ4v) is 5.15. The molecule has 1 aliphatic rings. The first-order chi connectivity index (χ1) is 14.3. The number of hydrogen-bond acceptors (Lipinski definition) is 3. The van der Waals surface area contributed by atoms with Crippen molar-refractivity contribution in [2.24, 2.45) is 5.92 Å². The Hall–Kier alpha value is -1.94. The van der Waals surface area contributed by atoms with Crippen molar-refractivity contribution in [2.45, 2.75) is 76.2 Å². The molecular formula is C26H34O3S. The second kappa shape index (κ2) is 10.4. The number of carbonyl (C=O) groups is 1. The molecule has 0 saturated heterocycles. The zero-order chi connectivity index (χ0) is 21.6. The largest absolute Gasteiger partial charge is 0.299 e. The molecule has 0 spiro atoms. The Morgan fingerprint density at radius 1 is 0.867 bits per heavy atom. The van der Waals surface area contributed by atoms with Crippen molar-refractivity contribution < 1.29 is 13.2 Å². The molecule has 0 atom stereocenters. The van der Waals surface area contributed by atoms with Gasteiger partial charge < -0.3 is 0 Å². The molecule has 0 amide bonds. The van der Waals surface area contributed by atoms with Crippen LogP contribution in [0.2, 0.25) is 0 Å². The lowest BCUT2D eigenvalue weighted by Gasteiger charge is -2.20. The third kappa shape index (κ3) is 6.53. The predicted octanol–water partition coefficient (Wildman–Crippen LogP) is 5.49. The summed E-state index contributed by atoms with van der Waals surface area (Å²) in [5.74, 6) is 0.765. The smallest absolute Gasteiger partial charge is 0.156 e. The number of aryl methyl sites for hydroxylation is 2. The molecule has 0 N–H and O–H groups in total. The highest BCUT2D eigenvalue weighted by molar-refractivity contribution is 7.91. The standard InChI is InChI=1S/C26H34O3S/c1-20(2)30(28,29)19-23-15-12-21(13-16-23)11-14-22-7-6-8-24(17-22)18-26(27)25-9-4-3-5-10-25/h6-8,12-13,15-17,20,25H,3-5,9-11,14,18-19H2,1-2H3. The molecule has 2 aromatic carbocycles. The Balaban J connectivity index is 1.54. The fourth-order valence-electron chi connectivity index (χ4n) is 4.16. The van der Waals surface area contributed by atoms with Gasteiger partial charge in [0.15, 0.2) is 9.84 Å². The molecule has 1 fully saturated rings. The summed E-state index contributed by atoms with van der Waals surface area (Å²) in [5.41, 5.74) is 4.41. The first-order valence-corrected chi connectivity index (χ1v) is 12.9. The minimum absolute atomic E-state index is 0.0992. The van der Waals surface area contributed by atoms with Gasteiger partial charge in [-0.25, -0.2) is 8.42 Å². The van der Waals surface area contributed by atoms with Gasteiger partial charge in [-0.3, -0.25) is 4.79 Å². The van der Waals surface area contributed by atoms with Crippen LogP contribution >= 0.6 is 0 Å². The Kier molecular flexibility index (Phi) is 7.87. The van der Waals surface area contributed by atoms with Gasteiger partial charge in [0.2, 0.25) is 0 Å². The van der Waals surface area contributed by atoms with E-state index in [1.807, 2.05) is 24.3 Å². The number of benzene rings is 2. The van der Waals surface area contributed by atoms with Gasteiger partial charge >= 0.3 is 0 Å². The van der Waals surface area contributed by atoms with Crippen LogP contribution in [0, 0.1) is 5.92 Å². The molecule has 3 nitrogen and oxygen atoms in total. The Bertz CT molecular complexity index is 936. The summed E-state index contributed by atoms with van der Waals surface area (Å²) in [6, 6.07) is 16.3. The minimum atomic E-state index is -3.07. The van der Waals surface area contributed by atoms with Gasteiger partial charge in [0.1, 0.15) is 5.78 Å². The van der Waals surface area contributed by atoms with Crippen molar-refractivity contribution >= 4 is 15.6 Å². The molecule has 0 unspecified atom stereocenters. The molecule has 0 heterocycles. The summed E-state index contributed by atoms with van der Waals surface area (Å²) in [6.45, 7) is 3.45. The van der Waals surface area contributed by atoms with Crippen LogP contribution in [0.4, 0.5) is 0 Å². The molecule has 0 aromatic heterocycles. The van der Waals surface area contributed by atoms with Crippen LogP contribution in [0.5, 0.6) is 0 Å². The fraction of sp³-hybridized carbons (Fsp3) is 0.500. The van der Waals surface area contributed by atoms with E-state index >= 15 is 0 Å². The molecule has 2 aromatic rings. The zero-order valence-electron chi connectivity index (χ0n) is 18.3. The molecule has 0 aliphatic heterocycles. The van der Waals surface area contributed by atoms with Gasteiger partial charge in [0, 0.05) is 12.3 Å². The quantitative estimate of drug-likeness (QED) is 0.533. The van der Waals surface area contributed by atoms with Gasteiger partial charge in [0.05, 0.1) is 11.0 Å². The van der Waals surface area contributed by atoms with Gasteiger partial charge in [-0.1, -0.05) is 67.8 Å². The first-order valence-electron chi connectivity index (χ1n) is 11.2. The highest BCUT2D eigenvalue weighted by Crippen LogP contribution is 2.25. The normalized spacial score (nSPS) is 15.4. The van der Waals surface area contributed by atoms with Crippen LogP contribution in [-0.4, -0.2) is 19.5 Å². The maximum Gasteiger partial charge on any atom is 0.156 e. The second-order valence-electron chi connectivity index (χ2n) is 8.97. The van der Waals surface area contributed by atoms with Crippen LogP contribution in [0.3, 0.4) is 0 Å².